The molecule has 23 heavy (non-hydrogen) atoms. The highest BCUT2D eigenvalue weighted by atomic mass is 16.5. The van der Waals surface area contributed by atoms with Gasteiger partial charge in [0.2, 0.25) is 0 Å². The van der Waals surface area contributed by atoms with E-state index < -0.39 is 5.97 Å². The standard InChI is InChI=1S/C15H16N6O2/c1-23-15(22)14-10-21(19-18-14)13-3-2-6-20(9-13)12-5-4-11(7-16)17-8-12/h4-5,8,10,13H,2-3,6,9H2,1H3/t13-/m0/s1. The Labute approximate surface area is 133 Å². The van der Waals surface area contributed by atoms with Crippen molar-refractivity contribution in [3.8, 4) is 6.07 Å². The van der Waals surface area contributed by atoms with Crippen LogP contribution in [-0.2, 0) is 4.74 Å². The van der Waals surface area contributed by atoms with Crippen LogP contribution in [0.2, 0.25) is 0 Å². The molecule has 2 aromatic rings. The normalized spacial score (nSPS) is 17.6. The maximum Gasteiger partial charge on any atom is 0.360 e. The molecule has 118 valence electrons. The third kappa shape index (κ3) is 3.13. The summed E-state index contributed by atoms with van der Waals surface area (Å²) in [5.74, 6) is -0.486. The predicted octanol–water partition coefficient (Wildman–Crippen LogP) is 1.17. The number of ether oxygens (including phenoxy) is 1. The number of nitriles is 1. The van der Waals surface area contributed by atoms with Gasteiger partial charge in [-0.1, -0.05) is 5.21 Å². The minimum atomic E-state index is -0.486. The number of piperidine rings is 1. The Bertz CT molecular complexity index is 733. The Morgan fingerprint density at radius 3 is 3.04 bits per heavy atom. The maximum atomic E-state index is 11.5. The topological polar surface area (TPSA) is 96.9 Å². The van der Waals surface area contributed by atoms with Gasteiger partial charge in [0.15, 0.2) is 5.69 Å². The van der Waals surface area contributed by atoms with Gasteiger partial charge in [-0.15, -0.1) is 5.10 Å². The van der Waals surface area contributed by atoms with E-state index in [0.29, 0.717) is 5.69 Å². The molecule has 3 rings (SSSR count). The zero-order chi connectivity index (χ0) is 16.2. The number of aromatic nitrogens is 4. The van der Waals surface area contributed by atoms with E-state index in [-0.39, 0.29) is 11.7 Å². The van der Waals surface area contributed by atoms with Crippen LogP contribution < -0.4 is 4.90 Å². The van der Waals surface area contributed by atoms with Gasteiger partial charge < -0.3 is 9.64 Å². The quantitative estimate of drug-likeness (QED) is 0.785. The number of anilines is 1. The number of carbonyl (C=O) groups excluding carboxylic acids is 1. The molecule has 1 atom stereocenters. The second-order valence-corrected chi connectivity index (χ2v) is 5.33. The van der Waals surface area contributed by atoms with E-state index in [4.69, 9.17) is 5.26 Å². The van der Waals surface area contributed by atoms with Crippen LogP contribution >= 0.6 is 0 Å². The van der Waals surface area contributed by atoms with Crippen LogP contribution in [0.4, 0.5) is 5.69 Å². The third-order valence-electron chi connectivity index (χ3n) is 3.90. The second kappa shape index (κ2) is 6.44. The second-order valence-electron chi connectivity index (χ2n) is 5.33. The molecule has 0 aliphatic carbocycles. The number of nitrogens with zero attached hydrogens (tertiary/aromatic N) is 6. The van der Waals surface area contributed by atoms with E-state index in [1.54, 1.807) is 23.1 Å². The first-order valence-electron chi connectivity index (χ1n) is 7.32. The Hall–Kier alpha value is -2.95. The van der Waals surface area contributed by atoms with E-state index in [0.717, 1.165) is 31.6 Å². The lowest BCUT2D eigenvalue weighted by Gasteiger charge is -2.33. The Morgan fingerprint density at radius 2 is 2.35 bits per heavy atom. The highest BCUT2D eigenvalue weighted by molar-refractivity contribution is 5.86. The summed E-state index contributed by atoms with van der Waals surface area (Å²) in [6.07, 6.45) is 5.29. The van der Waals surface area contributed by atoms with Crippen molar-refractivity contribution < 1.29 is 9.53 Å². The largest absolute Gasteiger partial charge is 0.464 e. The molecule has 1 aliphatic heterocycles. The lowest BCUT2D eigenvalue weighted by Crippen LogP contribution is -2.36. The van der Waals surface area contributed by atoms with Crippen LogP contribution in [0.1, 0.15) is 35.1 Å². The van der Waals surface area contributed by atoms with Crippen molar-refractivity contribution in [2.75, 3.05) is 25.1 Å². The predicted molar refractivity (Wildman–Crippen MR) is 80.8 cm³/mol. The summed E-state index contributed by atoms with van der Waals surface area (Å²) in [6, 6.07) is 5.75. The Morgan fingerprint density at radius 1 is 1.48 bits per heavy atom. The molecule has 0 N–H and O–H groups in total. The fraction of sp³-hybridized carbons (Fsp3) is 0.400. The molecule has 3 heterocycles. The zero-order valence-electron chi connectivity index (χ0n) is 12.7. The number of hydrogen-bond donors (Lipinski definition) is 0. The number of methoxy groups -OCH3 is 1. The first kappa shape index (κ1) is 15.0. The minimum absolute atomic E-state index is 0.130. The van der Waals surface area contributed by atoms with Gasteiger partial charge in [-0.05, 0) is 25.0 Å². The molecule has 8 nitrogen and oxygen atoms in total. The fourth-order valence-corrected chi connectivity index (χ4v) is 2.70. The molecule has 0 amide bonds. The van der Waals surface area contributed by atoms with Gasteiger partial charge in [0.25, 0.3) is 0 Å². The number of carbonyl (C=O) groups is 1. The summed E-state index contributed by atoms with van der Waals surface area (Å²) in [5.41, 5.74) is 1.59. The lowest BCUT2D eigenvalue weighted by atomic mass is 10.1. The van der Waals surface area contributed by atoms with Gasteiger partial charge in [-0.2, -0.15) is 5.26 Å². The van der Waals surface area contributed by atoms with Gasteiger partial charge >= 0.3 is 5.97 Å². The molecule has 2 aromatic heterocycles. The fourth-order valence-electron chi connectivity index (χ4n) is 2.70. The van der Waals surface area contributed by atoms with Gasteiger partial charge in [-0.25, -0.2) is 14.5 Å². The van der Waals surface area contributed by atoms with Crippen molar-refractivity contribution in [1.82, 2.24) is 20.0 Å². The van der Waals surface area contributed by atoms with Crippen LogP contribution in [0, 0.1) is 11.3 Å². The van der Waals surface area contributed by atoms with Crippen molar-refractivity contribution >= 4 is 11.7 Å². The Kier molecular flexibility index (Phi) is 4.19. The van der Waals surface area contributed by atoms with Crippen LogP contribution in [0.15, 0.2) is 24.5 Å². The number of hydrogen-bond acceptors (Lipinski definition) is 7. The molecule has 0 spiro atoms. The van der Waals surface area contributed by atoms with Crippen molar-refractivity contribution in [1.29, 1.82) is 5.26 Å². The molecule has 0 saturated carbocycles. The first-order valence-corrected chi connectivity index (χ1v) is 7.32. The van der Waals surface area contributed by atoms with Gasteiger partial charge in [0, 0.05) is 13.1 Å². The molecule has 0 aromatic carbocycles. The average molecular weight is 312 g/mol. The average Bonchev–Trinajstić information content (AvgIpc) is 3.11. The molecule has 1 fully saturated rings. The van der Waals surface area contributed by atoms with E-state index in [9.17, 15) is 4.79 Å². The van der Waals surface area contributed by atoms with E-state index >= 15 is 0 Å². The zero-order valence-corrected chi connectivity index (χ0v) is 12.7. The molecule has 1 saturated heterocycles. The highest BCUT2D eigenvalue weighted by Gasteiger charge is 2.24. The highest BCUT2D eigenvalue weighted by Crippen LogP contribution is 2.25. The lowest BCUT2D eigenvalue weighted by molar-refractivity contribution is 0.0594. The van der Waals surface area contributed by atoms with Gasteiger partial charge in [0.05, 0.1) is 31.2 Å². The van der Waals surface area contributed by atoms with Crippen molar-refractivity contribution in [3.05, 3.63) is 35.9 Å². The summed E-state index contributed by atoms with van der Waals surface area (Å²) in [7, 11) is 1.32. The molecule has 0 bridgehead atoms. The minimum Gasteiger partial charge on any atom is -0.464 e. The van der Waals surface area contributed by atoms with Crippen LogP contribution in [0.3, 0.4) is 0 Å². The maximum absolute atomic E-state index is 11.5. The molecule has 8 heteroatoms. The Balaban J connectivity index is 1.74. The third-order valence-corrected chi connectivity index (χ3v) is 3.90. The van der Waals surface area contributed by atoms with Crippen molar-refractivity contribution in [3.63, 3.8) is 0 Å². The molecule has 1 aliphatic rings. The smallest absolute Gasteiger partial charge is 0.360 e. The van der Waals surface area contributed by atoms with Crippen LogP contribution in [-0.4, -0.2) is 46.1 Å². The SMILES string of the molecule is COC(=O)c1cn([C@H]2CCCN(c3ccc(C#N)nc3)C2)nn1. The summed E-state index contributed by atoms with van der Waals surface area (Å²) < 4.78 is 6.37. The summed E-state index contributed by atoms with van der Waals surface area (Å²) >= 11 is 0. The molecule has 0 radical (unpaired) electrons. The van der Waals surface area contributed by atoms with Gasteiger partial charge in [0.1, 0.15) is 11.8 Å². The van der Waals surface area contributed by atoms with E-state index in [1.165, 1.54) is 7.11 Å². The molecular weight excluding hydrogens is 296 g/mol. The first-order chi connectivity index (χ1) is 11.2. The van der Waals surface area contributed by atoms with E-state index in [1.807, 2.05) is 12.1 Å². The van der Waals surface area contributed by atoms with Crippen LogP contribution in [0.25, 0.3) is 0 Å². The summed E-state index contributed by atoms with van der Waals surface area (Å²) in [5, 5.41) is 16.7. The van der Waals surface area contributed by atoms with Crippen molar-refractivity contribution in [2.45, 2.75) is 18.9 Å². The van der Waals surface area contributed by atoms with Gasteiger partial charge in [-0.3, -0.25) is 0 Å². The number of rotatable bonds is 3. The summed E-state index contributed by atoms with van der Waals surface area (Å²) in [4.78, 5) is 17.8. The number of pyridine rings is 1. The molecule has 0 unspecified atom stereocenters. The monoisotopic (exact) mass is 312 g/mol. The molecular formula is C15H16N6O2. The van der Waals surface area contributed by atoms with Crippen molar-refractivity contribution in [2.24, 2.45) is 0 Å². The number of esters is 1. The van der Waals surface area contributed by atoms with E-state index in [2.05, 4.69) is 24.9 Å². The summed E-state index contributed by atoms with van der Waals surface area (Å²) in [6.45, 7) is 1.67. The van der Waals surface area contributed by atoms with Crippen LogP contribution in [0.5, 0.6) is 0 Å².